The number of fused-ring (bicyclic) bond motifs is 1. The molecule has 1 atom stereocenters. The van der Waals surface area contributed by atoms with Gasteiger partial charge in [0.1, 0.15) is 11.6 Å². The molecule has 208 valence electrons. The van der Waals surface area contributed by atoms with Crippen molar-refractivity contribution in [2.75, 3.05) is 11.9 Å². The van der Waals surface area contributed by atoms with Crippen LogP contribution in [0, 0.1) is 11.8 Å². The average Bonchev–Trinajstić information content (AvgIpc) is 3.34. The first-order valence-electron chi connectivity index (χ1n) is 13.3. The molecule has 1 aliphatic rings. The molecule has 39 heavy (non-hydrogen) atoms. The van der Waals surface area contributed by atoms with Crippen LogP contribution in [0.3, 0.4) is 0 Å². The molecule has 1 aromatic heterocycles. The quantitative estimate of drug-likeness (QED) is 0.279. The Hall–Kier alpha value is -3.40. The Labute approximate surface area is 237 Å². The highest BCUT2D eigenvalue weighted by Gasteiger charge is 2.30. The van der Waals surface area contributed by atoms with Gasteiger partial charge in [0, 0.05) is 34.4 Å². The Kier molecular flexibility index (Phi) is 9.27. The molecule has 1 heterocycles. The van der Waals surface area contributed by atoms with Crippen LogP contribution in [0.1, 0.15) is 52.0 Å². The van der Waals surface area contributed by atoms with Gasteiger partial charge in [-0.15, -0.1) is 0 Å². The molecule has 2 aromatic carbocycles. The second-order valence-electron chi connectivity index (χ2n) is 11.2. The summed E-state index contributed by atoms with van der Waals surface area (Å²) in [4.78, 5) is 38.6. The van der Waals surface area contributed by atoms with Crippen LogP contribution in [0.5, 0.6) is 0 Å². The van der Waals surface area contributed by atoms with E-state index >= 15 is 0 Å². The van der Waals surface area contributed by atoms with Gasteiger partial charge in [-0.1, -0.05) is 28.1 Å². The van der Waals surface area contributed by atoms with E-state index in [4.69, 9.17) is 4.74 Å². The molecule has 1 aliphatic carbocycles. The monoisotopic (exact) mass is 597 g/mol. The number of anilines is 1. The summed E-state index contributed by atoms with van der Waals surface area (Å²) in [5.74, 6) is -0.285. The van der Waals surface area contributed by atoms with Crippen molar-refractivity contribution in [2.24, 2.45) is 11.8 Å². The second kappa shape index (κ2) is 12.6. The second-order valence-corrected chi connectivity index (χ2v) is 12.1. The van der Waals surface area contributed by atoms with Crippen LogP contribution in [0.15, 0.2) is 53.1 Å². The van der Waals surface area contributed by atoms with Crippen molar-refractivity contribution in [3.63, 3.8) is 0 Å². The molecule has 0 spiro atoms. The highest BCUT2D eigenvalue weighted by molar-refractivity contribution is 9.10. The van der Waals surface area contributed by atoms with Gasteiger partial charge in [0.2, 0.25) is 11.8 Å². The number of carbonyl (C=O) groups excluding carboxylic acids is 3. The summed E-state index contributed by atoms with van der Waals surface area (Å²) in [6.45, 7) is 6.02. The van der Waals surface area contributed by atoms with E-state index in [-0.39, 0.29) is 17.7 Å². The number of nitrogens with one attached hydrogen (secondary N) is 4. The number of rotatable bonds is 8. The molecule has 0 radical (unpaired) electrons. The van der Waals surface area contributed by atoms with E-state index in [1.165, 1.54) is 0 Å². The number of H-pyrrole nitrogens is 1. The summed E-state index contributed by atoms with van der Waals surface area (Å²) in [6.07, 6.45) is 4.71. The summed E-state index contributed by atoms with van der Waals surface area (Å²) in [7, 11) is 0. The Bertz CT molecular complexity index is 1310. The number of amides is 3. The number of hydrogen-bond acceptors (Lipinski definition) is 5. The van der Waals surface area contributed by atoms with E-state index in [9.17, 15) is 14.4 Å². The maximum Gasteiger partial charge on any atom is 0.407 e. The van der Waals surface area contributed by atoms with E-state index in [2.05, 4.69) is 42.1 Å². The van der Waals surface area contributed by atoms with Crippen molar-refractivity contribution < 1.29 is 19.1 Å². The lowest BCUT2D eigenvalue weighted by Crippen LogP contribution is -2.48. The molecule has 3 amide bonds. The molecule has 4 N–H and O–H groups in total. The number of halogens is 1. The number of carbonyl (C=O) groups is 3. The van der Waals surface area contributed by atoms with Gasteiger partial charge in [0.05, 0.1) is 11.7 Å². The van der Waals surface area contributed by atoms with E-state index in [1.807, 2.05) is 63.2 Å². The van der Waals surface area contributed by atoms with Crippen LogP contribution < -0.4 is 16.0 Å². The van der Waals surface area contributed by atoms with Crippen LogP contribution in [0.4, 0.5) is 10.5 Å². The van der Waals surface area contributed by atoms with Crippen molar-refractivity contribution in [3.8, 4) is 0 Å². The number of hydrogen-bond donors (Lipinski definition) is 4. The maximum absolute atomic E-state index is 13.4. The number of alkyl carbamates (subject to hydrolysis) is 1. The van der Waals surface area contributed by atoms with E-state index in [0.717, 1.165) is 33.8 Å². The molecular formula is C29H36BrN5O4. The molecule has 1 unspecified atom stereocenters. The van der Waals surface area contributed by atoms with Crippen molar-refractivity contribution >= 4 is 50.4 Å². The number of ether oxygens (including phenoxy) is 1. The molecule has 3 aromatic rings. The summed E-state index contributed by atoms with van der Waals surface area (Å²) < 4.78 is 6.22. The van der Waals surface area contributed by atoms with Gasteiger partial charge in [-0.05, 0) is 88.3 Å². The zero-order valence-corrected chi connectivity index (χ0v) is 24.1. The van der Waals surface area contributed by atoms with E-state index in [1.54, 1.807) is 6.20 Å². The van der Waals surface area contributed by atoms with Gasteiger partial charge >= 0.3 is 6.09 Å². The van der Waals surface area contributed by atoms with Gasteiger partial charge in [-0.2, -0.15) is 5.10 Å². The van der Waals surface area contributed by atoms with Crippen molar-refractivity contribution in [2.45, 2.75) is 64.5 Å². The number of benzene rings is 2. The standard InChI is InChI=1S/C29H36BrN5O4/c1-29(2,3)39-28(38)31-16-18-7-9-20(10-8-18)26(36)34-25(14-19-5-4-6-22(30)13-19)27(37)33-23-12-11-21-17-32-35-24(21)15-23/h4-6,11-13,15,17-18,20,25H,7-10,14,16H2,1-3H3,(H,31,38)(H,32,35)(H,33,37)(H,34,36). The predicted octanol–water partition coefficient (Wildman–Crippen LogP) is 5.32. The minimum absolute atomic E-state index is 0.118. The fourth-order valence-corrected chi connectivity index (χ4v) is 5.26. The first-order valence-corrected chi connectivity index (χ1v) is 14.1. The lowest BCUT2D eigenvalue weighted by molar-refractivity contribution is -0.130. The zero-order valence-electron chi connectivity index (χ0n) is 22.6. The van der Waals surface area contributed by atoms with Crippen LogP contribution in [-0.4, -0.2) is 46.3 Å². The Balaban J connectivity index is 1.35. The highest BCUT2D eigenvalue weighted by Crippen LogP contribution is 2.29. The third kappa shape index (κ3) is 8.54. The number of nitrogens with zero attached hydrogens (tertiary/aromatic N) is 1. The van der Waals surface area contributed by atoms with E-state index < -0.39 is 17.7 Å². The molecule has 4 rings (SSSR count). The minimum Gasteiger partial charge on any atom is -0.444 e. The molecule has 0 saturated heterocycles. The molecule has 0 bridgehead atoms. The Morgan fingerprint density at radius 3 is 2.59 bits per heavy atom. The summed E-state index contributed by atoms with van der Waals surface area (Å²) in [5, 5.41) is 16.7. The van der Waals surface area contributed by atoms with Gasteiger partial charge in [-0.25, -0.2) is 4.79 Å². The van der Waals surface area contributed by atoms with Gasteiger partial charge in [0.25, 0.3) is 0 Å². The molecule has 0 aliphatic heterocycles. The normalized spacial score (nSPS) is 18.3. The van der Waals surface area contributed by atoms with Crippen LogP contribution in [-0.2, 0) is 20.7 Å². The Morgan fingerprint density at radius 1 is 1.10 bits per heavy atom. The Morgan fingerprint density at radius 2 is 1.87 bits per heavy atom. The molecule has 1 fully saturated rings. The zero-order chi connectivity index (χ0) is 28.0. The smallest absolute Gasteiger partial charge is 0.407 e. The lowest BCUT2D eigenvalue weighted by atomic mass is 9.81. The van der Waals surface area contributed by atoms with Crippen LogP contribution >= 0.6 is 15.9 Å². The summed E-state index contributed by atoms with van der Waals surface area (Å²) >= 11 is 3.49. The van der Waals surface area contributed by atoms with Crippen molar-refractivity contribution in [3.05, 3.63) is 58.7 Å². The topological polar surface area (TPSA) is 125 Å². The predicted molar refractivity (Wildman–Crippen MR) is 154 cm³/mol. The highest BCUT2D eigenvalue weighted by atomic mass is 79.9. The van der Waals surface area contributed by atoms with Gasteiger partial charge in [-0.3, -0.25) is 14.7 Å². The number of aromatic nitrogens is 2. The average molecular weight is 599 g/mol. The first kappa shape index (κ1) is 28.6. The third-order valence-corrected chi connectivity index (χ3v) is 7.32. The van der Waals surface area contributed by atoms with Crippen molar-refractivity contribution in [1.29, 1.82) is 0 Å². The van der Waals surface area contributed by atoms with Gasteiger partial charge < -0.3 is 20.7 Å². The molecule has 10 heteroatoms. The van der Waals surface area contributed by atoms with E-state index in [0.29, 0.717) is 37.4 Å². The SMILES string of the molecule is CC(C)(C)OC(=O)NCC1CCC(C(=O)NC(Cc2cccc(Br)c2)C(=O)Nc2ccc3cn[nH]c3c2)CC1. The summed E-state index contributed by atoms with van der Waals surface area (Å²) in [5.41, 5.74) is 1.84. The first-order chi connectivity index (χ1) is 18.6. The molecular weight excluding hydrogens is 562 g/mol. The van der Waals surface area contributed by atoms with Crippen LogP contribution in [0.25, 0.3) is 10.9 Å². The minimum atomic E-state index is -0.740. The molecule has 9 nitrogen and oxygen atoms in total. The maximum atomic E-state index is 13.4. The number of aromatic amines is 1. The largest absolute Gasteiger partial charge is 0.444 e. The third-order valence-electron chi connectivity index (χ3n) is 6.82. The fraction of sp³-hybridized carbons (Fsp3) is 0.448. The fourth-order valence-electron chi connectivity index (χ4n) is 4.81. The van der Waals surface area contributed by atoms with Gasteiger partial charge in [0.15, 0.2) is 0 Å². The van der Waals surface area contributed by atoms with Crippen molar-refractivity contribution in [1.82, 2.24) is 20.8 Å². The van der Waals surface area contributed by atoms with Crippen LogP contribution in [0.2, 0.25) is 0 Å². The summed E-state index contributed by atoms with van der Waals surface area (Å²) in [6, 6.07) is 12.5. The lowest BCUT2D eigenvalue weighted by Gasteiger charge is -2.29. The molecule has 1 saturated carbocycles.